The Morgan fingerprint density at radius 3 is 1.85 bits per heavy atom. The van der Waals surface area contributed by atoms with E-state index in [1.54, 1.807) is 0 Å². The van der Waals surface area contributed by atoms with Gasteiger partial charge in [0.2, 0.25) is 11.8 Å². The molecule has 2 aliphatic rings. The first kappa shape index (κ1) is 18.4. The summed E-state index contributed by atoms with van der Waals surface area (Å²) in [4.78, 5) is 28.8. The van der Waals surface area contributed by atoms with Crippen molar-refractivity contribution in [3.63, 3.8) is 0 Å². The van der Waals surface area contributed by atoms with Gasteiger partial charge in [0.25, 0.3) is 0 Å². The summed E-state index contributed by atoms with van der Waals surface area (Å²) >= 11 is 0. The Balaban J connectivity index is 0.000000293. The zero-order chi connectivity index (χ0) is 15.4. The third-order valence-electron chi connectivity index (χ3n) is 3.10. The van der Waals surface area contributed by atoms with Crippen LogP contribution in [-0.2, 0) is 9.59 Å². The number of nitrogens with one attached hydrogen (secondary N) is 1. The van der Waals surface area contributed by atoms with Gasteiger partial charge in [-0.05, 0) is 18.8 Å². The molecule has 20 heavy (non-hydrogen) atoms. The fraction of sp³-hybridized carbons (Fsp3) is 0.769. The third kappa shape index (κ3) is 11.5. The second kappa shape index (κ2) is 11.2. The van der Waals surface area contributed by atoms with Crippen molar-refractivity contribution in [2.75, 3.05) is 6.61 Å². The highest BCUT2D eigenvalue weighted by Crippen LogP contribution is 2.28. The summed E-state index contributed by atoms with van der Waals surface area (Å²) in [7, 11) is 0. The summed E-state index contributed by atoms with van der Waals surface area (Å²) < 4.78 is 0. The lowest BCUT2D eigenvalue weighted by atomic mass is 10.0. The molecule has 0 aromatic carbocycles. The molecule has 0 aromatic heterocycles. The van der Waals surface area contributed by atoms with Gasteiger partial charge in [0, 0.05) is 19.4 Å². The number of aliphatic hydroxyl groups is 1. The van der Waals surface area contributed by atoms with Crippen molar-refractivity contribution in [1.29, 1.82) is 0 Å². The van der Waals surface area contributed by atoms with Crippen molar-refractivity contribution < 1.29 is 29.7 Å². The molecule has 1 aliphatic carbocycles. The Morgan fingerprint density at radius 2 is 1.55 bits per heavy atom. The van der Waals surface area contributed by atoms with E-state index in [0.717, 1.165) is 12.3 Å². The average Bonchev–Trinajstić information content (AvgIpc) is 2.98. The monoisotopic (exact) mass is 289 g/mol. The van der Waals surface area contributed by atoms with Gasteiger partial charge in [-0.15, -0.1) is 0 Å². The molecular formula is C13H23NO6. The molecular weight excluding hydrogens is 266 g/mol. The number of hydrogen-bond donors (Lipinski definition) is 4. The zero-order valence-electron chi connectivity index (χ0n) is 11.5. The number of hydrogen-bond acceptors (Lipinski definition) is 4. The molecule has 0 unspecified atom stereocenters. The maximum Gasteiger partial charge on any atom is 0.503 e. The fourth-order valence-electron chi connectivity index (χ4n) is 2.19. The Kier molecular flexibility index (Phi) is 10.3. The van der Waals surface area contributed by atoms with Crippen LogP contribution in [0.25, 0.3) is 0 Å². The van der Waals surface area contributed by atoms with E-state index >= 15 is 0 Å². The number of carbonyl (C=O) groups is 3. The highest BCUT2D eigenvalue weighted by atomic mass is 16.6. The van der Waals surface area contributed by atoms with Crippen LogP contribution in [0.1, 0.15) is 51.4 Å². The van der Waals surface area contributed by atoms with Gasteiger partial charge >= 0.3 is 6.16 Å². The normalized spacial score (nSPS) is 17.6. The van der Waals surface area contributed by atoms with Crippen LogP contribution in [0.2, 0.25) is 0 Å². The van der Waals surface area contributed by atoms with Crippen molar-refractivity contribution in [2.45, 2.75) is 51.4 Å². The molecule has 2 rings (SSSR count). The molecule has 0 spiro atoms. The molecule has 1 heterocycles. The van der Waals surface area contributed by atoms with Crippen LogP contribution in [0.4, 0.5) is 4.79 Å². The quantitative estimate of drug-likeness (QED) is 0.585. The summed E-state index contributed by atoms with van der Waals surface area (Å²) in [6.45, 7) is 0.385. The van der Waals surface area contributed by atoms with E-state index in [0.29, 0.717) is 19.4 Å². The third-order valence-corrected chi connectivity index (χ3v) is 3.10. The van der Waals surface area contributed by atoms with Crippen molar-refractivity contribution in [3.05, 3.63) is 0 Å². The topological polar surface area (TPSA) is 124 Å². The number of aliphatic hydroxyl groups excluding tert-OH is 1. The molecule has 1 saturated carbocycles. The second-order valence-electron chi connectivity index (χ2n) is 4.77. The first-order chi connectivity index (χ1) is 9.45. The first-order valence-electron chi connectivity index (χ1n) is 6.81. The smallest absolute Gasteiger partial charge is 0.450 e. The molecule has 7 nitrogen and oxygen atoms in total. The van der Waals surface area contributed by atoms with Crippen LogP contribution in [0.3, 0.4) is 0 Å². The number of imide groups is 1. The van der Waals surface area contributed by atoms with Crippen molar-refractivity contribution in [1.82, 2.24) is 5.32 Å². The maximum absolute atomic E-state index is 10.1. The van der Waals surface area contributed by atoms with Crippen LogP contribution in [0, 0.1) is 5.92 Å². The standard InChI is InChI=1S/C8H16O.C4H5NO2.CH2O3/c9-7-3-6-8-4-1-2-5-8;6-3-1-2-4(7)5-3;2-1(3)4/h8-9H,1-7H2;1-2H2,(H,5,6,7);(H2,2,3,4). The first-order valence-corrected chi connectivity index (χ1v) is 6.81. The fourth-order valence-corrected chi connectivity index (χ4v) is 2.19. The van der Waals surface area contributed by atoms with Crippen molar-refractivity contribution in [3.8, 4) is 0 Å². The minimum Gasteiger partial charge on any atom is -0.450 e. The lowest BCUT2D eigenvalue weighted by Crippen LogP contribution is -2.18. The highest BCUT2D eigenvalue weighted by Gasteiger charge is 2.15. The summed E-state index contributed by atoms with van der Waals surface area (Å²) in [5.41, 5.74) is 0. The molecule has 0 radical (unpaired) electrons. The van der Waals surface area contributed by atoms with E-state index in [-0.39, 0.29) is 11.8 Å². The molecule has 0 bridgehead atoms. The maximum atomic E-state index is 10.1. The summed E-state index contributed by atoms with van der Waals surface area (Å²) in [6.07, 6.45) is 6.88. The zero-order valence-corrected chi connectivity index (χ0v) is 11.5. The molecule has 0 aromatic rings. The van der Waals surface area contributed by atoms with Gasteiger partial charge in [-0.25, -0.2) is 4.79 Å². The summed E-state index contributed by atoms with van der Waals surface area (Å²) in [5.74, 6) is 0.659. The van der Waals surface area contributed by atoms with Gasteiger partial charge in [0.05, 0.1) is 0 Å². The minimum absolute atomic E-state index is 0.148. The highest BCUT2D eigenvalue weighted by molar-refractivity contribution is 6.01. The van der Waals surface area contributed by atoms with E-state index in [9.17, 15) is 9.59 Å². The van der Waals surface area contributed by atoms with Gasteiger partial charge in [0.15, 0.2) is 0 Å². The average molecular weight is 289 g/mol. The molecule has 4 N–H and O–H groups in total. The Hall–Kier alpha value is -1.63. The van der Waals surface area contributed by atoms with Crippen LogP contribution >= 0.6 is 0 Å². The lowest BCUT2D eigenvalue weighted by molar-refractivity contribution is -0.124. The van der Waals surface area contributed by atoms with E-state index in [1.165, 1.54) is 32.1 Å². The predicted molar refractivity (Wildman–Crippen MR) is 71.3 cm³/mol. The number of amides is 2. The van der Waals surface area contributed by atoms with Gasteiger partial charge in [-0.3, -0.25) is 14.9 Å². The molecule has 116 valence electrons. The van der Waals surface area contributed by atoms with Gasteiger partial charge < -0.3 is 15.3 Å². The largest absolute Gasteiger partial charge is 0.503 e. The molecule has 0 atom stereocenters. The molecule has 1 saturated heterocycles. The Labute approximate surface area is 118 Å². The van der Waals surface area contributed by atoms with E-state index in [4.69, 9.17) is 20.1 Å². The van der Waals surface area contributed by atoms with Crippen molar-refractivity contribution in [2.24, 2.45) is 5.92 Å². The molecule has 2 amide bonds. The number of carbonyl (C=O) groups excluding carboxylic acids is 2. The Morgan fingerprint density at radius 1 is 1.10 bits per heavy atom. The van der Waals surface area contributed by atoms with Crippen molar-refractivity contribution >= 4 is 18.0 Å². The molecule has 7 heteroatoms. The van der Waals surface area contributed by atoms with Crippen LogP contribution in [0.15, 0.2) is 0 Å². The van der Waals surface area contributed by atoms with Gasteiger partial charge in [0.1, 0.15) is 0 Å². The van der Waals surface area contributed by atoms with E-state index < -0.39 is 6.16 Å². The van der Waals surface area contributed by atoms with Crippen LogP contribution < -0.4 is 5.32 Å². The number of rotatable bonds is 3. The lowest BCUT2D eigenvalue weighted by Gasteiger charge is -2.04. The number of carboxylic acid groups (broad SMARTS) is 2. The van der Waals surface area contributed by atoms with E-state index in [2.05, 4.69) is 5.32 Å². The summed E-state index contributed by atoms with van der Waals surface area (Å²) in [6, 6.07) is 0. The van der Waals surface area contributed by atoms with Gasteiger partial charge in [-0.1, -0.05) is 25.7 Å². The predicted octanol–water partition coefficient (Wildman–Crippen LogP) is 1.59. The van der Waals surface area contributed by atoms with Gasteiger partial charge in [-0.2, -0.15) is 0 Å². The van der Waals surface area contributed by atoms with Crippen LogP contribution in [-0.4, -0.2) is 39.9 Å². The van der Waals surface area contributed by atoms with Crippen LogP contribution in [0.5, 0.6) is 0 Å². The molecule has 2 fully saturated rings. The molecule has 1 aliphatic heterocycles. The Bertz CT molecular complexity index is 294. The SMILES string of the molecule is O=C(O)O.O=C1CCC(=O)N1.OCCCC1CCCC1. The summed E-state index contributed by atoms with van der Waals surface area (Å²) in [5, 5.41) is 24.6. The second-order valence-corrected chi connectivity index (χ2v) is 4.77. The minimum atomic E-state index is -1.83. The van der Waals surface area contributed by atoms with E-state index in [1.807, 2.05) is 0 Å².